The Hall–Kier alpha value is -1.84. The van der Waals surface area contributed by atoms with Crippen LogP contribution in [0.3, 0.4) is 0 Å². The molecule has 1 aromatic carbocycles. The van der Waals surface area contributed by atoms with Crippen molar-refractivity contribution in [2.75, 3.05) is 0 Å². The second-order valence-corrected chi connectivity index (χ2v) is 6.83. The second-order valence-electron chi connectivity index (χ2n) is 6.83. The largest absolute Gasteiger partial charge is 0.443 e. The van der Waals surface area contributed by atoms with Crippen molar-refractivity contribution in [2.24, 2.45) is 0 Å². The van der Waals surface area contributed by atoms with Gasteiger partial charge in [0, 0.05) is 12.5 Å². The summed E-state index contributed by atoms with van der Waals surface area (Å²) in [5.41, 5.74) is 0.539. The summed E-state index contributed by atoms with van der Waals surface area (Å²) in [7, 11) is 0. The van der Waals surface area contributed by atoms with Crippen LogP contribution < -0.4 is 0 Å². The molecule has 1 heterocycles. The molecule has 0 spiro atoms. The number of hydrogen-bond donors (Lipinski definition) is 0. The van der Waals surface area contributed by atoms with Crippen LogP contribution in [0.15, 0.2) is 30.3 Å². The van der Waals surface area contributed by atoms with E-state index >= 15 is 0 Å². The van der Waals surface area contributed by atoms with Gasteiger partial charge in [0.05, 0.1) is 0 Å². The molecule has 0 bridgehead atoms. The molecule has 0 saturated carbocycles. The third-order valence-corrected chi connectivity index (χ3v) is 3.72. The van der Waals surface area contributed by atoms with Crippen molar-refractivity contribution in [3.8, 4) is 0 Å². The number of imide groups is 1. The van der Waals surface area contributed by atoms with Gasteiger partial charge in [0.25, 0.3) is 0 Å². The molecule has 0 N–H and O–H groups in total. The van der Waals surface area contributed by atoms with E-state index in [4.69, 9.17) is 4.74 Å². The minimum Gasteiger partial charge on any atom is -0.443 e. The van der Waals surface area contributed by atoms with Gasteiger partial charge >= 0.3 is 6.09 Å². The number of carbonyl (C=O) groups is 2. The number of rotatable bonds is 2. The van der Waals surface area contributed by atoms with Gasteiger partial charge < -0.3 is 4.74 Å². The number of likely N-dealkylation sites (tertiary alicyclic amines) is 1. The van der Waals surface area contributed by atoms with E-state index < -0.39 is 11.7 Å². The fourth-order valence-electron chi connectivity index (χ4n) is 2.75. The Morgan fingerprint density at radius 2 is 1.91 bits per heavy atom. The Kier molecular flexibility index (Phi) is 5.22. The van der Waals surface area contributed by atoms with Gasteiger partial charge in [-0.3, -0.25) is 4.79 Å². The van der Waals surface area contributed by atoms with Crippen LogP contribution in [0.2, 0.25) is 0 Å². The highest BCUT2D eigenvalue weighted by Crippen LogP contribution is 2.23. The predicted octanol–water partition coefficient (Wildman–Crippen LogP) is 3.94. The fourth-order valence-corrected chi connectivity index (χ4v) is 2.75. The molecule has 1 aliphatic rings. The van der Waals surface area contributed by atoms with Gasteiger partial charge in [-0.1, -0.05) is 36.8 Å². The van der Waals surface area contributed by atoms with Gasteiger partial charge in [-0.2, -0.15) is 0 Å². The molecule has 0 aromatic heterocycles. The van der Waals surface area contributed by atoms with E-state index in [0.717, 1.165) is 24.8 Å². The van der Waals surface area contributed by atoms with Gasteiger partial charge in [-0.05, 0) is 45.6 Å². The topological polar surface area (TPSA) is 46.6 Å². The van der Waals surface area contributed by atoms with Gasteiger partial charge in [0.2, 0.25) is 5.91 Å². The highest BCUT2D eigenvalue weighted by molar-refractivity contribution is 5.92. The summed E-state index contributed by atoms with van der Waals surface area (Å²) in [5.74, 6) is -0.118. The fraction of sp³-hybridized carbons (Fsp3) is 0.556. The van der Waals surface area contributed by atoms with E-state index in [9.17, 15) is 9.59 Å². The molecule has 1 fully saturated rings. The summed E-state index contributed by atoms with van der Waals surface area (Å²) >= 11 is 0. The van der Waals surface area contributed by atoms with Crippen LogP contribution in [0.1, 0.15) is 52.0 Å². The lowest BCUT2D eigenvalue weighted by Gasteiger charge is -2.31. The third-order valence-electron chi connectivity index (χ3n) is 3.72. The molecule has 2 rings (SSSR count). The molecule has 1 aliphatic heterocycles. The molecule has 120 valence electrons. The maximum atomic E-state index is 12.5. The quantitative estimate of drug-likeness (QED) is 0.831. The lowest BCUT2D eigenvalue weighted by Crippen LogP contribution is -2.47. The van der Waals surface area contributed by atoms with Crippen molar-refractivity contribution in [3.05, 3.63) is 35.9 Å². The smallest absolute Gasteiger partial charge is 0.417 e. The average molecular weight is 303 g/mol. The minimum absolute atomic E-state index is 0.118. The summed E-state index contributed by atoms with van der Waals surface area (Å²) in [6.45, 7) is 5.46. The second kappa shape index (κ2) is 6.95. The highest BCUT2D eigenvalue weighted by Gasteiger charge is 2.34. The zero-order valence-corrected chi connectivity index (χ0v) is 13.7. The summed E-state index contributed by atoms with van der Waals surface area (Å²) in [6, 6.07) is 9.86. The van der Waals surface area contributed by atoms with E-state index in [1.54, 1.807) is 0 Å². The lowest BCUT2D eigenvalue weighted by molar-refractivity contribution is -0.131. The van der Waals surface area contributed by atoms with Crippen LogP contribution in [0.4, 0.5) is 4.79 Å². The Labute approximate surface area is 132 Å². The molecule has 0 unspecified atom stereocenters. The van der Waals surface area contributed by atoms with E-state index in [1.165, 1.54) is 4.90 Å². The number of amides is 2. The Morgan fingerprint density at radius 1 is 1.23 bits per heavy atom. The van der Waals surface area contributed by atoms with E-state index in [2.05, 4.69) is 0 Å². The molecular formula is C18H25NO3. The third kappa shape index (κ3) is 4.58. The summed E-state index contributed by atoms with van der Waals surface area (Å²) in [6.07, 6.45) is 3.22. The van der Waals surface area contributed by atoms with Gasteiger partial charge in [0.15, 0.2) is 0 Å². The SMILES string of the molecule is CC(C)(C)OC(=O)N1C(=O)CCCC[C@@H]1Cc1ccccc1. The molecule has 4 heteroatoms. The highest BCUT2D eigenvalue weighted by atomic mass is 16.6. The number of benzene rings is 1. The molecule has 2 amide bonds. The first-order valence-electron chi connectivity index (χ1n) is 7.96. The Bertz CT molecular complexity index is 519. The molecule has 22 heavy (non-hydrogen) atoms. The summed E-state index contributed by atoms with van der Waals surface area (Å²) in [5, 5.41) is 0. The van der Waals surface area contributed by atoms with E-state index in [1.807, 2.05) is 51.1 Å². The van der Waals surface area contributed by atoms with E-state index in [0.29, 0.717) is 12.8 Å². The van der Waals surface area contributed by atoms with Crippen molar-refractivity contribution in [3.63, 3.8) is 0 Å². The van der Waals surface area contributed by atoms with Gasteiger partial charge in [0.1, 0.15) is 5.60 Å². The van der Waals surface area contributed by atoms with E-state index in [-0.39, 0.29) is 11.9 Å². The van der Waals surface area contributed by atoms with Crippen LogP contribution in [-0.4, -0.2) is 28.5 Å². The molecule has 4 nitrogen and oxygen atoms in total. The Balaban J connectivity index is 2.19. The molecule has 1 aromatic rings. The standard InChI is InChI=1S/C18H25NO3/c1-18(2,3)22-17(21)19-15(11-7-8-12-16(19)20)13-14-9-5-4-6-10-14/h4-6,9-10,15H,7-8,11-13H2,1-3H3/t15-/m1/s1. The summed E-state index contributed by atoms with van der Waals surface area (Å²) < 4.78 is 5.44. The predicted molar refractivity (Wildman–Crippen MR) is 85.5 cm³/mol. The molecule has 0 radical (unpaired) electrons. The van der Waals surface area contributed by atoms with Gasteiger partial charge in [-0.15, -0.1) is 0 Å². The van der Waals surface area contributed by atoms with Crippen LogP contribution in [0.5, 0.6) is 0 Å². The Morgan fingerprint density at radius 3 is 2.55 bits per heavy atom. The van der Waals surface area contributed by atoms with Gasteiger partial charge in [-0.25, -0.2) is 9.69 Å². The summed E-state index contributed by atoms with van der Waals surface area (Å²) in [4.78, 5) is 26.2. The van der Waals surface area contributed by atoms with Crippen LogP contribution in [-0.2, 0) is 16.0 Å². The molecular weight excluding hydrogens is 278 g/mol. The first-order chi connectivity index (χ1) is 10.4. The van der Waals surface area contributed by atoms with Crippen molar-refractivity contribution in [1.82, 2.24) is 4.90 Å². The monoisotopic (exact) mass is 303 g/mol. The van der Waals surface area contributed by atoms with Crippen molar-refractivity contribution in [1.29, 1.82) is 0 Å². The van der Waals surface area contributed by atoms with Crippen LogP contribution in [0, 0.1) is 0 Å². The maximum absolute atomic E-state index is 12.5. The molecule has 1 atom stereocenters. The first-order valence-corrected chi connectivity index (χ1v) is 7.96. The van der Waals surface area contributed by atoms with Crippen molar-refractivity contribution in [2.45, 2.75) is 64.5 Å². The normalized spacial score (nSPS) is 19.7. The first kappa shape index (κ1) is 16.5. The van der Waals surface area contributed by atoms with Crippen molar-refractivity contribution >= 4 is 12.0 Å². The average Bonchev–Trinajstić information content (AvgIpc) is 2.59. The minimum atomic E-state index is -0.596. The lowest BCUT2D eigenvalue weighted by atomic mass is 10.0. The van der Waals surface area contributed by atoms with Crippen LogP contribution >= 0.6 is 0 Å². The molecule has 0 aliphatic carbocycles. The van der Waals surface area contributed by atoms with Crippen LogP contribution in [0.25, 0.3) is 0 Å². The number of ether oxygens (including phenoxy) is 1. The maximum Gasteiger partial charge on any atom is 0.417 e. The number of carbonyl (C=O) groups excluding carboxylic acids is 2. The zero-order valence-electron chi connectivity index (χ0n) is 13.7. The molecule has 1 saturated heterocycles. The zero-order chi connectivity index (χ0) is 16.2. The van der Waals surface area contributed by atoms with Crippen molar-refractivity contribution < 1.29 is 14.3 Å². The number of nitrogens with zero attached hydrogens (tertiary/aromatic N) is 1. The number of hydrogen-bond acceptors (Lipinski definition) is 3.